The van der Waals surface area contributed by atoms with E-state index in [9.17, 15) is 4.79 Å². The fourth-order valence-corrected chi connectivity index (χ4v) is 1.72. The van der Waals surface area contributed by atoms with Gasteiger partial charge in [-0.15, -0.1) is 10.2 Å². The summed E-state index contributed by atoms with van der Waals surface area (Å²) < 4.78 is 5.39. The summed E-state index contributed by atoms with van der Waals surface area (Å²) in [5, 5.41) is 8.08. The summed E-state index contributed by atoms with van der Waals surface area (Å²) in [6.07, 6.45) is 0. The van der Waals surface area contributed by atoms with Crippen molar-refractivity contribution in [3.8, 4) is 11.5 Å². The number of carbonyl (C=O) groups is 1. The lowest BCUT2D eigenvalue weighted by atomic mass is 10.1. The second-order valence-corrected chi connectivity index (χ2v) is 4.42. The van der Waals surface area contributed by atoms with Gasteiger partial charge in [-0.05, 0) is 19.1 Å². The van der Waals surface area contributed by atoms with Crippen LogP contribution in [0.5, 0.6) is 0 Å². The van der Waals surface area contributed by atoms with Crippen molar-refractivity contribution in [2.75, 3.05) is 5.75 Å². The van der Waals surface area contributed by atoms with Crippen molar-refractivity contribution < 1.29 is 9.21 Å². The molecule has 1 heterocycles. The second kappa shape index (κ2) is 5.01. The van der Waals surface area contributed by atoms with Crippen LogP contribution in [0.3, 0.4) is 0 Å². The number of rotatable bonds is 4. The van der Waals surface area contributed by atoms with Crippen LogP contribution in [0.4, 0.5) is 0 Å². The summed E-state index contributed by atoms with van der Waals surface area (Å²) in [4.78, 5) is 10.6. The van der Waals surface area contributed by atoms with Crippen LogP contribution in [-0.4, -0.2) is 21.9 Å². The quantitative estimate of drug-likeness (QED) is 0.833. The van der Waals surface area contributed by atoms with Gasteiger partial charge in [-0.2, -0.15) is 0 Å². The Bertz CT molecular complexity index is 522. The van der Waals surface area contributed by atoms with E-state index in [-0.39, 0.29) is 5.75 Å². The summed E-state index contributed by atoms with van der Waals surface area (Å²) in [5.74, 6) is 0.164. The van der Waals surface area contributed by atoms with Crippen LogP contribution in [-0.2, 0) is 4.79 Å². The van der Waals surface area contributed by atoms with Crippen LogP contribution in [0.2, 0.25) is 0 Å². The largest absolute Gasteiger partial charge is 0.411 e. The molecule has 6 heteroatoms. The lowest BCUT2D eigenvalue weighted by Gasteiger charge is -1.95. The number of hydrogen-bond acceptors (Lipinski definition) is 5. The van der Waals surface area contributed by atoms with Crippen molar-refractivity contribution in [1.29, 1.82) is 0 Å². The Kier molecular flexibility index (Phi) is 3.43. The number of carbonyl (C=O) groups excluding carboxylic acids is 1. The van der Waals surface area contributed by atoms with Gasteiger partial charge < -0.3 is 10.2 Å². The summed E-state index contributed by atoms with van der Waals surface area (Å²) >= 11 is 1.13. The van der Waals surface area contributed by atoms with Crippen molar-refractivity contribution in [3.63, 3.8) is 0 Å². The molecule has 0 radical (unpaired) electrons. The number of thioether (sulfide) groups is 1. The molecule has 0 saturated carbocycles. The molecule has 0 aliphatic carbocycles. The zero-order valence-corrected chi connectivity index (χ0v) is 10.0. The molecule has 2 rings (SSSR count). The molecule has 1 amide bonds. The molecule has 5 nitrogen and oxygen atoms in total. The van der Waals surface area contributed by atoms with Gasteiger partial charge in [0, 0.05) is 5.56 Å². The molecular weight excluding hydrogens is 238 g/mol. The maximum absolute atomic E-state index is 10.6. The summed E-state index contributed by atoms with van der Waals surface area (Å²) in [6.45, 7) is 2.01. The Balaban J connectivity index is 2.12. The highest BCUT2D eigenvalue weighted by molar-refractivity contribution is 7.99. The van der Waals surface area contributed by atoms with Crippen molar-refractivity contribution in [1.82, 2.24) is 10.2 Å². The maximum Gasteiger partial charge on any atom is 0.277 e. The zero-order valence-electron chi connectivity index (χ0n) is 9.21. The first-order valence-corrected chi connectivity index (χ1v) is 5.95. The predicted molar refractivity (Wildman–Crippen MR) is 64.4 cm³/mol. The Labute approximate surface area is 102 Å². The van der Waals surface area contributed by atoms with Gasteiger partial charge in [-0.1, -0.05) is 29.5 Å². The predicted octanol–water partition coefficient (Wildman–Crippen LogP) is 1.62. The minimum absolute atomic E-state index is 0.134. The molecule has 0 bridgehead atoms. The summed E-state index contributed by atoms with van der Waals surface area (Å²) in [7, 11) is 0. The number of aromatic nitrogens is 2. The molecule has 2 N–H and O–H groups in total. The van der Waals surface area contributed by atoms with Gasteiger partial charge in [0.25, 0.3) is 5.22 Å². The van der Waals surface area contributed by atoms with Crippen LogP contribution in [0.25, 0.3) is 11.5 Å². The van der Waals surface area contributed by atoms with Crippen LogP contribution < -0.4 is 5.73 Å². The van der Waals surface area contributed by atoms with E-state index in [1.54, 1.807) is 0 Å². The van der Waals surface area contributed by atoms with Gasteiger partial charge >= 0.3 is 0 Å². The van der Waals surface area contributed by atoms with E-state index < -0.39 is 5.91 Å². The summed E-state index contributed by atoms with van der Waals surface area (Å²) in [6, 6.07) is 7.75. The van der Waals surface area contributed by atoms with Crippen LogP contribution >= 0.6 is 11.8 Å². The number of nitrogens with two attached hydrogens (primary N) is 1. The SMILES string of the molecule is Cc1ccc(-c2nnc(SCC(N)=O)o2)cc1. The normalized spacial score (nSPS) is 10.4. The molecule has 0 fully saturated rings. The van der Waals surface area contributed by atoms with Gasteiger partial charge in [0.15, 0.2) is 0 Å². The first-order valence-electron chi connectivity index (χ1n) is 4.97. The van der Waals surface area contributed by atoms with Gasteiger partial charge in [-0.3, -0.25) is 4.79 Å². The van der Waals surface area contributed by atoms with E-state index in [1.165, 1.54) is 0 Å². The minimum atomic E-state index is -0.412. The average Bonchev–Trinajstić information content (AvgIpc) is 2.76. The number of aryl methyl sites for hydroxylation is 1. The van der Waals surface area contributed by atoms with Crippen molar-refractivity contribution in [3.05, 3.63) is 29.8 Å². The smallest absolute Gasteiger partial charge is 0.277 e. The standard InChI is InChI=1S/C11H11N3O2S/c1-7-2-4-8(5-3-7)10-13-14-11(16-10)17-6-9(12)15/h2-5H,6H2,1H3,(H2,12,15). The van der Waals surface area contributed by atoms with Crippen molar-refractivity contribution in [2.45, 2.75) is 12.1 Å². The Morgan fingerprint density at radius 3 is 2.71 bits per heavy atom. The Morgan fingerprint density at radius 2 is 2.06 bits per heavy atom. The fourth-order valence-electron chi connectivity index (χ4n) is 1.21. The number of hydrogen-bond donors (Lipinski definition) is 1. The fraction of sp³-hybridized carbons (Fsp3) is 0.182. The highest BCUT2D eigenvalue weighted by Gasteiger charge is 2.09. The Morgan fingerprint density at radius 1 is 1.35 bits per heavy atom. The van der Waals surface area contributed by atoms with E-state index in [0.29, 0.717) is 11.1 Å². The molecule has 0 aliphatic heterocycles. The number of nitrogens with zero attached hydrogens (tertiary/aromatic N) is 2. The second-order valence-electron chi connectivity index (χ2n) is 3.49. The first kappa shape index (κ1) is 11.7. The molecule has 0 unspecified atom stereocenters. The minimum Gasteiger partial charge on any atom is -0.411 e. The maximum atomic E-state index is 10.6. The van der Waals surface area contributed by atoms with Gasteiger partial charge in [0.1, 0.15) is 0 Å². The van der Waals surface area contributed by atoms with E-state index in [4.69, 9.17) is 10.2 Å². The van der Waals surface area contributed by atoms with Crippen molar-refractivity contribution in [2.24, 2.45) is 5.73 Å². The van der Waals surface area contributed by atoms with Crippen LogP contribution in [0.1, 0.15) is 5.56 Å². The van der Waals surface area contributed by atoms with Gasteiger partial charge in [-0.25, -0.2) is 0 Å². The molecule has 1 aromatic carbocycles. The molecule has 0 spiro atoms. The van der Waals surface area contributed by atoms with Crippen molar-refractivity contribution >= 4 is 17.7 Å². The topological polar surface area (TPSA) is 82.0 Å². The third-order valence-corrected chi connectivity index (χ3v) is 2.88. The highest BCUT2D eigenvalue weighted by Crippen LogP contribution is 2.22. The van der Waals surface area contributed by atoms with E-state index in [1.807, 2.05) is 31.2 Å². The van der Waals surface area contributed by atoms with Gasteiger partial charge in [0.05, 0.1) is 5.75 Å². The third-order valence-electron chi connectivity index (χ3n) is 2.04. The lowest BCUT2D eigenvalue weighted by molar-refractivity contribution is -0.115. The van der Waals surface area contributed by atoms with E-state index in [2.05, 4.69) is 10.2 Å². The average molecular weight is 249 g/mol. The molecular formula is C11H11N3O2S. The van der Waals surface area contributed by atoms with E-state index >= 15 is 0 Å². The number of amides is 1. The molecule has 17 heavy (non-hydrogen) atoms. The van der Waals surface area contributed by atoms with Gasteiger partial charge in [0.2, 0.25) is 11.8 Å². The van der Waals surface area contributed by atoms with Crippen LogP contribution in [0, 0.1) is 6.92 Å². The number of benzene rings is 1. The van der Waals surface area contributed by atoms with Crippen LogP contribution in [0.15, 0.2) is 33.9 Å². The van der Waals surface area contributed by atoms with E-state index in [0.717, 1.165) is 22.9 Å². The zero-order chi connectivity index (χ0) is 12.3. The molecule has 2 aromatic rings. The monoisotopic (exact) mass is 249 g/mol. The lowest BCUT2D eigenvalue weighted by Crippen LogP contribution is -2.12. The Hall–Kier alpha value is -1.82. The first-order chi connectivity index (χ1) is 8.15. The highest BCUT2D eigenvalue weighted by atomic mass is 32.2. The number of primary amides is 1. The molecule has 0 saturated heterocycles. The third kappa shape index (κ3) is 3.07. The molecule has 88 valence electrons. The molecule has 0 aliphatic rings. The molecule has 1 aromatic heterocycles. The molecule has 0 atom stereocenters. The summed E-state index contributed by atoms with van der Waals surface area (Å²) in [5.41, 5.74) is 7.04.